The van der Waals surface area contributed by atoms with E-state index in [2.05, 4.69) is 0 Å². The molecule has 0 aliphatic carbocycles. The van der Waals surface area contributed by atoms with Gasteiger partial charge in [0.2, 0.25) is 15.6 Å². The molecule has 0 spiro atoms. The zero-order valence-electron chi connectivity index (χ0n) is 16.2. The summed E-state index contributed by atoms with van der Waals surface area (Å²) in [6, 6.07) is 5.63. The Hall–Kier alpha value is -1.65. The van der Waals surface area contributed by atoms with E-state index in [-0.39, 0.29) is 30.4 Å². The monoisotopic (exact) mass is 422 g/mol. The number of sulfonamides is 1. The van der Waals surface area contributed by atoms with E-state index in [1.54, 1.807) is 12.1 Å². The zero-order valence-corrected chi connectivity index (χ0v) is 17.0. The van der Waals surface area contributed by atoms with E-state index in [0.717, 1.165) is 14.8 Å². The van der Waals surface area contributed by atoms with Crippen molar-refractivity contribution in [3.05, 3.63) is 29.8 Å². The fraction of sp³-hybridized carbons (Fsp3) is 0.611. The molecule has 1 aromatic rings. The Morgan fingerprint density at radius 3 is 2.14 bits per heavy atom. The zero-order chi connectivity index (χ0) is 21.5. The first-order valence-electron chi connectivity index (χ1n) is 8.90. The normalized spacial score (nSPS) is 21.6. The molecule has 0 saturated carbocycles. The first kappa shape index (κ1) is 22.6. The largest absolute Gasteiger partial charge is 0.426 e. The SMILES string of the molecule is CC(C)c1ccc(S(=O)(=O)N2CCN(C(=O)C(C)(O)C(F)(F)F)[C@H](C)C2)cc1. The van der Waals surface area contributed by atoms with Gasteiger partial charge in [-0.15, -0.1) is 0 Å². The molecule has 1 aliphatic rings. The number of aliphatic hydroxyl groups is 1. The number of amides is 1. The van der Waals surface area contributed by atoms with E-state index in [0.29, 0.717) is 6.92 Å². The number of nitrogens with zero attached hydrogens (tertiary/aromatic N) is 2. The Bertz CT molecular complexity index is 820. The van der Waals surface area contributed by atoms with Gasteiger partial charge in [0.1, 0.15) is 0 Å². The Labute approximate surface area is 163 Å². The number of carbonyl (C=O) groups excluding carboxylic acids is 1. The molecule has 1 fully saturated rings. The standard InChI is InChI=1S/C18H25F3N2O4S/c1-12(2)14-5-7-15(8-6-14)28(26,27)22-9-10-23(13(3)11-22)16(24)17(4,25)18(19,20)21/h5-8,12-13,25H,9-11H2,1-4H3/t13-,17?/m1/s1. The molecular weight excluding hydrogens is 397 g/mol. The van der Waals surface area contributed by atoms with Crippen LogP contribution < -0.4 is 0 Å². The maximum Gasteiger partial charge on any atom is 0.426 e. The molecule has 1 unspecified atom stereocenters. The van der Waals surface area contributed by atoms with Crippen molar-refractivity contribution < 1.29 is 31.5 Å². The van der Waals surface area contributed by atoms with Gasteiger partial charge < -0.3 is 10.0 Å². The number of hydrogen-bond acceptors (Lipinski definition) is 4. The highest BCUT2D eigenvalue weighted by atomic mass is 32.2. The third kappa shape index (κ3) is 4.18. The summed E-state index contributed by atoms with van der Waals surface area (Å²) in [5, 5.41) is 9.62. The molecule has 28 heavy (non-hydrogen) atoms. The van der Waals surface area contributed by atoms with Gasteiger partial charge in [-0.3, -0.25) is 4.79 Å². The molecule has 158 valence electrons. The number of hydrogen-bond donors (Lipinski definition) is 1. The lowest BCUT2D eigenvalue weighted by atomic mass is 10.0. The smallest absolute Gasteiger partial charge is 0.373 e. The van der Waals surface area contributed by atoms with Crippen LogP contribution >= 0.6 is 0 Å². The van der Waals surface area contributed by atoms with Crippen LogP contribution in [0.5, 0.6) is 0 Å². The second kappa shape index (κ2) is 7.64. The quantitative estimate of drug-likeness (QED) is 0.808. The number of benzene rings is 1. The Morgan fingerprint density at radius 1 is 1.18 bits per heavy atom. The average Bonchev–Trinajstić information content (AvgIpc) is 2.60. The van der Waals surface area contributed by atoms with Crippen LogP contribution in [0.25, 0.3) is 0 Å². The Kier molecular flexibility index (Phi) is 6.18. The fourth-order valence-electron chi connectivity index (χ4n) is 3.02. The molecule has 0 radical (unpaired) electrons. The van der Waals surface area contributed by atoms with Gasteiger partial charge in [0.25, 0.3) is 5.91 Å². The van der Waals surface area contributed by atoms with Crippen molar-refractivity contribution in [1.82, 2.24) is 9.21 Å². The third-order valence-electron chi connectivity index (χ3n) is 5.00. The molecule has 1 aromatic carbocycles. The molecule has 1 aliphatic heterocycles. The third-order valence-corrected chi connectivity index (χ3v) is 6.88. The van der Waals surface area contributed by atoms with Crippen molar-refractivity contribution in [1.29, 1.82) is 0 Å². The van der Waals surface area contributed by atoms with Crippen LogP contribution in [-0.4, -0.2) is 66.1 Å². The second-order valence-electron chi connectivity index (χ2n) is 7.50. The van der Waals surface area contributed by atoms with Crippen molar-refractivity contribution in [3.8, 4) is 0 Å². The second-order valence-corrected chi connectivity index (χ2v) is 9.44. The molecule has 0 aromatic heterocycles. The van der Waals surface area contributed by atoms with Crippen molar-refractivity contribution in [2.24, 2.45) is 0 Å². The van der Waals surface area contributed by atoms with Crippen LogP contribution in [0.15, 0.2) is 29.2 Å². The highest BCUT2D eigenvalue weighted by Crippen LogP contribution is 2.33. The molecule has 1 N–H and O–H groups in total. The van der Waals surface area contributed by atoms with E-state index in [9.17, 15) is 31.5 Å². The maximum absolute atomic E-state index is 12.9. The van der Waals surface area contributed by atoms with Gasteiger partial charge in [0, 0.05) is 25.7 Å². The van der Waals surface area contributed by atoms with Gasteiger partial charge >= 0.3 is 6.18 Å². The minimum atomic E-state index is -5.12. The summed E-state index contributed by atoms with van der Waals surface area (Å²) in [5.41, 5.74) is -2.54. The van der Waals surface area contributed by atoms with Gasteiger partial charge in [-0.2, -0.15) is 17.5 Å². The summed E-state index contributed by atoms with van der Waals surface area (Å²) >= 11 is 0. The lowest BCUT2D eigenvalue weighted by Gasteiger charge is -2.42. The number of alkyl halides is 3. The molecule has 6 nitrogen and oxygen atoms in total. The molecule has 0 bridgehead atoms. The molecule has 10 heteroatoms. The molecule has 2 rings (SSSR count). The van der Waals surface area contributed by atoms with E-state index in [1.807, 2.05) is 13.8 Å². The van der Waals surface area contributed by atoms with E-state index in [1.165, 1.54) is 19.1 Å². The molecular formula is C18H25F3N2O4S. The average molecular weight is 422 g/mol. The van der Waals surface area contributed by atoms with Gasteiger partial charge in [0.05, 0.1) is 4.90 Å². The van der Waals surface area contributed by atoms with E-state index in [4.69, 9.17) is 0 Å². The van der Waals surface area contributed by atoms with Crippen LogP contribution in [0.2, 0.25) is 0 Å². The van der Waals surface area contributed by atoms with Crippen LogP contribution in [0.1, 0.15) is 39.2 Å². The lowest BCUT2D eigenvalue weighted by molar-refractivity contribution is -0.251. The van der Waals surface area contributed by atoms with Crippen molar-refractivity contribution in [3.63, 3.8) is 0 Å². The Balaban J connectivity index is 2.17. The van der Waals surface area contributed by atoms with E-state index < -0.39 is 33.7 Å². The predicted octanol–water partition coefficient (Wildman–Crippen LogP) is 2.34. The van der Waals surface area contributed by atoms with Gasteiger partial charge in [0.15, 0.2) is 0 Å². The summed E-state index contributed by atoms with van der Waals surface area (Å²) in [7, 11) is -3.84. The van der Waals surface area contributed by atoms with Crippen molar-refractivity contribution in [2.75, 3.05) is 19.6 Å². The van der Waals surface area contributed by atoms with Crippen LogP contribution in [0.4, 0.5) is 13.2 Å². The highest BCUT2D eigenvalue weighted by molar-refractivity contribution is 7.89. The molecule has 1 saturated heterocycles. The number of carbonyl (C=O) groups is 1. The summed E-state index contributed by atoms with van der Waals surface area (Å²) in [6.45, 7) is 5.27. The number of rotatable bonds is 4. The van der Waals surface area contributed by atoms with Crippen molar-refractivity contribution in [2.45, 2.75) is 56.3 Å². The minimum absolute atomic E-state index is 0.0890. The maximum atomic E-state index is 12.9. The van der Waals surface area contributed by atoms with Gasteiger partial charge in [-0.05, 0) is 37.5 Å². The van der Waals surface area contributed by atoms with E-state index >= 15 is 0 Å². The first-order chi connectivity index (χ1) is 12.7. The molecule has 1 amide bonds. The summed E-state index contributed by atoms with van der Waals surface area (Å²) in [6.07, 6.45) is -5.12. The predicted molar refractivity (Wildman–Crippen MR) is 97.1 cm³/mol. The highest BCUT2D eigenvalue weighted by Gasteiger charge is 2.58. The summed E-state index contributed by atoms with van der Waals surface area (Å²) in [4.78, 5) is 13.2. The molecule has 1 heterocycles. The summed E-state index contributed by atoms with van der Waals surface area (Å²) in [5.74, 6) is -1.24. The Morgan fingerprint density at radius 2 is 1.71 bits per heavy atom. The van der Waals surface area contributed by atoms with Crippen LogP contribution in [0, 0.1) is 0 Å². The number of piperazine rings is 1. The van der Waals surface area contributed by atoms with Crippen LogP contribution in [-0.2, 0) is 14.8 Å². The fourth-order valence-corrected chi connectivity index (χ4v) is 4.53. The topological polar surface area (TPSA) is 77.9 Å². The van der Waals surface area contributed by atoms with Crippen molar-refractivity contribution >= 4 is 15.9 Å². The molecule has 2 atom stereocenters. The minimum Gasteiger partial charge on any atom is -0.373 e. The first-order valence-corrected chi connectivity index (χ1v) is 10.3. The summed E-state index contributed by atoms with van der Waals surface area (Å²) < 4.78 is 65.6. The van der Waals surface area contributed by atoms with Crippen LogP contribution in [0.3, 0.4) is 0 Å². The van der Waals surface area contributed by atoms with Gasteiger partial charge in [-0.25, -0.2) is 8.42 Å². The lowest BCUT2D eigenvalue weighted by Crippen LogP contribution is -2.63. The van der Waals surface area contributed by atoms with Gasteiger partial charge in [-0.1, -0.05) is 26.0 Å². The number of halogens is 3.